The van der Waals surface area contributed by atoms with Gasteiger partial charge in [0.2, 0.25) is 0 Å². The zero-order valence-electron chi connectivity index (χ0n) is 8.70. The highest BCUT2D eigenvalue weighted by molar-refractivity contribution is 5.72. The SMILES string of the molecule is CC(OC(=O)C1CCCCC1)C1CO1. The Morgan fingerprint density at radius 3 is 2.57 bits per heavy atom. The van der Waals surface area contributed by atoms with Gasteiger partial charge in [-0.15, -0.1) is 0 Å². The summed E-state index contributed by atoms with van der Waals surface area (Å²) in [5, 5.41) is 0. The van der Waals surface area contributed by atoms with E-state index in [1.165, 1.54) is 19.3 Å². The fourth-order valence-electron chi connectivity index (χ4n) is 2.02. The molecule has 2 rings (SSSR count). The van der Waals surface area contributed by atoms with E-state index in [0.717, 1.165) is 19.4 Å². The molecule has 2 unspecified atom stereocenters. The Kier molecular flexibility index (Phi) is 3.06. The lowest BCUT2D eigenvalue weighted by atomic mass is 9.89. The first-order valence-corrected chi connectivity index (χ1v) is 5.59. The van der Waals surface area contributed by atoms with Crippen LogP contribution in [0.25, 0.3) is 0 Å². The molecule has 0 N–H and O–H groups in total. The van der Waals surface area contributed by atoms with Crippen molar-refractivity contribution in [2.75, 3.05) is 6.61 Å². The van der Waals surface area contributed by atoms with Crippen LogP contribution in [0, 0.1) is 5.92 Å². The molecule has 0 radical (unpaired) electrons. The van der Waals surface area contributed by atoms with Gasteiger partial charge in [-0.1, -0.05) is 19.3 Å². The van der Waals surface area contributed by atoms with Crippen molar-refractivity contribution in [1.29, 1.82) is 0 Å². The van der Waals surface area contributed by atoms with Gasteiger partial charge in [-0.3, -0.25) is 4.79 Å². The van der Waals surface area contributed by atoms with Gasteiger partial charge in [-0.2, -0.15) is 0 Å². The van der Waals surface area contributed by atoms with E-state index in [0.29, 0.717) is 0 Å². The summed E-state index contributed by atoms with van der Waals surface area (Å²) in [7, 11) is 0. The Morgan fingerprint density at radius 1 is 1.36 bits per heavy atom. The highest BCUT2D eigenvalue weighted by Gasteiger charge is 2.34. The van der Waals surface area contributed by atoms with Crippen LogP contribution in [0.2, 0.25) is 0 Å². The molecule has 2 fully saturated rings. The van der Waals surface area contributed by atoms with E-state index in [-0.39, 0.29) is 24.1 Å². The van der Waals surface area contributed by atoms with E-state index in [9.17, 15) is 4.79 Å². The van der Waals surface area contributed by atoms with Gasteiger partial charge in [-0.25, -0.2) is 0 Å². The van der Waals surface area contributed by atoms with Crippen molar-refractivity contribution in [3.8, 4) is 0 Å². The Morgan fingerprint density at radius 2 is 2.00 bits per heavy atom. The molecule has 0 aromatic rings. The van der Waals surface area contributed by atoms with Crippen LogP contribution in [-0.4, -0.2) is 24.8 Å². The predicted molar refractivity (Wildman–Crippen MR) is 51.9 cm³/mol. The van der Waals surface area contributed by atoms with E-state index < -0.39 is 0 Å². The van der Waals surface area contributed by atoms with E-state index in [1.807, 2.05) is 6.92 Å². The maximum absolute atomic E-state index is 11.7. The fourth-order valence-corrected chi connectivity index (χ4v) is 2.02. The topological polar surface area (TPSA) is 38.8 Å². The third-order valence-electron chi connectivity index (χ3n) is 3.12. The largest absolute Gasteiger partial charge is 0.460 e. The van der Waals surface area contributed by atoms with Crippen molar-refractivity contribution in [3.05, 3.63) is 0 Å². The maximum Gasteiger partial charge on any atom is 0.309 e. The van der Waals surface area contributed by atoms with Crippen molar-refractivity contribution in [2.24, 2.45) is 5.92 Å². The molecule has 3 heteroatoms. The van der Waals surface area contributed by atoms with Crippen LogP contribution in [-0.2, 0) is 14.3 Å². The molecule has 14 heavy (non-hydrogen) atoms. The summed E-state index contributed by atoms with van der Waals surface area (Å²) in [6, 6.07) is 0. The van der Waals surface area contributed by atoms with Crippen molar-refractivity contribution in [3.63, 3.8) is 0 Å². The molecule has 1 saturated carbocycles. The number of carbonyl (C=O) groups is 1. The number of epoxide rings is 1. The summed E-state index contributed by atoms with van der Waals surface area (Å²) in [5.74, 6) is 0.151. The smallest absolute Gasteiger partial charge is 0.309 e. The number of ether oxygens (including phenoxy) is 2. The molecule has 1 heterocycles. The average molecular weight is 198 g/mol. The summed E-state index contributed by atoms with van der Waals surface area (Å²) in [6.07, 6.45) is 5.76. The molecule has 1 saturated heterocycles. The third kappa shape index (κ3) is 2.47. The molecule has 2 aliphatic rings. The van der Waals surface area contributed by atoms with Crippen molar-refractivity contribution in [1.82, 2.24) is 0 Å². The zero-order valence-corrected chi connectivity index (χ0v) is 8.70. The molecular formula is C11H18O3. The van der Waals surface area contributed by atoms with Crippen LogP contribution in [0.1, 0.15) is 39.0 Å². The number of hydrogen-bond donors (Lipinski definition) is 0. The number of esters is 1. The monoisotopic (exact) mass is 198 g/mol. The Labute approximate surface area is 84.8 Å². The standard InChI is InChI=1S/C11H18O3/c1-8(10-7-13-10)14-11(12)9-5-3-2-4-6-9/h8-10H,2-7H2,1H3. The summed E-state index contributed by atoms with van der Waals surface area (Å²) in [4.78, 5) is 11.7. The quantitative estimate of drug-likeness (QED) is 0.513. The summed E-state index contributed by atoms with van der Waals surface area (Å²) >= 11 is 0. The summed E-state index contributed by atoms with van der Waals surface area (Å²) < 4.78 is 10.4. The lowest BCUT2D eigenvalue weighted by Gasteiger charge is -2.21. The molecule has 3 nitrogen and oxygen atoms in total. The minimum Gasteiger partial charge on any atom is -0.460 e. The van der Waals surface area contributed by atoms with Crippen LogP contribution < -0.4 is 0 Å². The number of carbonyl (C=O) groups excluding carboxylic acids is 1. The molecule has 1 aliphatic carbocycles. The zero-order chi connectivity index (χ0) is 9.97. The highest BCUT2D eigenvalue weighted by Crippen LogP contribution is 2.26. The van der Waals surface area contributed by atoms with Crippen LogP contribution in [0.4, 0.5) is 0 Å². The van der Waals surface area contributed by atoms with Crippen LogP contribution >= 0.6 is 0 Å². The lowest BCUT2D eigenvalue weighted by molar-refractivity contribution is -0.155. The van der Waals surface area contributed by atoms with Gasteiger partial charge in [0.15, 0.2) is 0 Å². The first-order valence-electron chi connectivity index (χ1n) is 5.59. The first kappa shape index (κ1) is 9.97. The van der Waals surface area contributed by atoms with Gasteiger partial charge in [0.25, 0.3) is 0 Å². The van der Waals surface area contributed by atoms with Gasteiger partial charge in [0.05, 0.1) is 12.5 Å². The van der Waals surface area contributed by atoms with E-state index in [4.69, 9.17) is 9.47 Å². The fraction of sp³-hybridized carbons (Fsp3) is 0.909. The molecular weight excluding hydrogens is 180 g/mol. The normalized spacial score (nSPS) is 29.6. The average Bonchev–Trinajstić information content (AvgIpc) is 3.02. The molecule has 0 bridgehead atoms. The summed E-state index contributed by atoms with van der Waals surface area (Å²) in [5.41, 5.74) is 0. The van der Waals surface area contributed by atoms with Crippen LogP contribution in [0.15, 0.2) is 0 Å². The second kappa shape index (κ2) is 4.30. The molecule has 0 amide bonds. The van der Waals surface area contributed by atoms with Gasteiger partial charge in [-0.05, 0) is 19.8 Å². The molecule has 2 atom stereocenters. The van der Waals surface area contributed by atoms with E-state index in [1.54, 1.807) is 0 Å². The minimum absolute atomic E-state index is 0.00676. The van der Waals surface area contributed by atoms with E-state index >= 15 is 0 Å². The van der Waals surface area contributed by atoms with E-state index in [2.05, 4.69) is 0 Å². The molecule has 0 spiro atoms. The summed E-state index contributed by atoms with van der Waals surface area (Å²) in [6.45, 7) is 2.66. The van der Waals surface area contributed by atoms with Gasteiger partial charge >= 0.3 is 5.97 Å². The van der Waals surface area contributed by atoms with Crippen molar-refractivity contribution >= 4 is 5.97 Å². The lowest BCUT2D eigenvalue weighted by Crippen LogP contribution is -2.27. The number of rotatable bonds is 3. The van der Waals surface area contributed by atoms with Gasteiger partial charge < -0.3 is 9.47 Å². The van der Waals surface area contributed by atoms with Crippen molar-refractivity contribution < 1.29 is 14.3 Å². The second-order valence-electron chi connectivity index (χ2n) is 4.35. The predicted octanol–water partition coefficient (Wildman–Crippen LogP) is 1.90. The molecule has 1 aliphatic heterocycles. The first-order chi connectivity index (χ1) is 6.77. The highest BCUT2D eigenvalue weighted by atomic mass is 16.6. The molecule has 80 valence electrons. The Hall–Kier alpha value is -0.570. The molecule has 0 aromatic carbocycles. The Balaban J connectivity index is 1.75. The Bertz CT molecular complexity index is 205. The van der Waals surface area contributed by atoms with Gasteiger partial charge in [0.1, 0.15) is 12.2 Å². The van der Waals surface area contributed by atoms with Crippen molar-refractivity contribution in [2.45, 2.75) is 51.2 Å². The molecule has 0 aromatic heterocycles. The van der Waals surface area contributed by atoms with Crippen LogP contribution in [0.5, 0.6) is 0 Å². The van der Waals surface area contributed by atoms with Crippen LogP contribution in [0.3, 0.4) is 0 Å². The third-order valence-corrected chi connectivity index (χ3v) is 3.12. The maximum atomic E-state index is 11.7. The second-order valence-corrected chi connectivity index (χ2v) is 4.35. The number of hydrogen-bond acceptors (Lipinski definition) is 3. The minimum atomic E-state index is -0.0515. The van der Waals surface area contributed by atoms with Gasteiger partial charge in [0, 0.05) is 0 Å².